The van der Waals surface area contributed by atoms with E-state index in [1.165, 1.54) is 6.42 Å². The number of hydrogen-bond donors (Lipinski definition) is 2. The minimum atomic E-state index is 0.678. The Morgan fingerprint density at radius 1 is 1.53 bits per heavy atom. The summed E-state index contributed by atoms with van der Waals surface area (Å²) in [7, 11) is 0. The van der Waals surface area contributed by atoms with Gasteiger partial charge in [0.25, 0.3) is 0 Å². The molecule has 0 saturated carbocycles. The first-order valence-electron chi connectivity index (χ1n) is 5.26. The van der Waals surface area contributed by atoms with E-state index in [1.807, 2.05) is 13.0 Å². The van der Waals surface area contributed by atoms with Crippen molar-refractivity contribution >= 4 is 11.6 Å². The largest absolute Gasteiger partial charge is 0.356 e. The number of nitrogens with two attached hydrogens (primary N) is 1. The molecule has 1 fully saturated rings. The fraction of sp³-hybridized carbons (Fsp3) is 0.600. The Balaban J connectivity index is 2.24. The maximum atomic E-state index is 5.35. The van der Waals surface area contributed by atoms with Gasteiger partial charge in [-0.15, -0.1) is 0 Å². The van der Waals surface area contributed by atoms with Gasteiger partial charge in [-0.2, -0.15) is 0 Å². The van der Waals surface area contributed by atoms with Crippen molar-refractivity contribution < 1.29 is 0 Å². The summed E-state index contributed by atoms with van der Waals surface area (Å²) in [5.74, 6) is 8.50. The summed E-state index contributed by atoms with van der Waals surface area (Å²) in [6.07, 6.45) is 1.23. The van der Waals surface area contributed by atoms with E-state index in [-0.39, 0.29) is 0 Å². The van der Waals surface area contributed by atoms with Gasteiger partial charge >= 0.3 is 0 Å². The van der Waals surface area contributed by atoms with E-state index in [0.717, 1.165) is 30.6 Å². The molecule has 0 aliphatic carbocycles. The second-order valence-electron chi connectivity index (χ2n) is 4.14. The number of anilines is 2. The van der Waals surface area contributed by atoms with E-state index in [9.17, 15) is 0 Å². The fourth-order valence-electron chi connectivity index (χ4n) is 1.93. The average molecular weight is 207 g/mol. The first kappa shape index (κ1) is 10.2. The highest BCUT2D eigenvalue weighted by Crippen LogP contribution is 2.23. The second kappa shape index (κ2) is 4.02. The first-order valence-corrected chi connectivity index (χ1v) is 5.26. The first-order chi connectivity index (χ1) is 7.19. The van der Waals surface area contributed by atoms with Crippen LogP contribution in [0.5, 0.6) is 0 Å². The second-order valence-corrected chi connectivity index (χ2v) is 4.14. The van der Waals surface area contributed by atoms with Gasteiger partial charge < -0.3 is 10.3 Å². The maximum Gasteiger partial charge on any atom is 0.145 e. The van der Waals surface area contributed by atoms with Gasteiger partial charge in [-0.05, 0) is 19.3 Å². The van der Waals surface area contributed by atoms with E-state index in [1.54, 1.807) is 0 Å². The van der Waals surface area contributed by atoms with Gasteiger partial charge in [-0.1, -0.05) is 6.92 Å². The molecule has 0 aromatic carbocycles. The smallest absolute Gasteiger partial charge is 0.145 e. The van der Waals surface area contributed by atoms with Crippen LogP contribution in [0.1, 0.15) is 19.2 Å². The molecule has 2 rings (SSSR count). The molecular weight excluding hydrogens is 190 g/mol. The molecule has 82 valence electrons. The van der Waals surface area contributed by atoms with Gasteiger partial charge in [-0.25, -0.2) is 15.8 Å². The van der Waals surface area contributed by atoms with Crippen molar-refractivity contribution in [1.82, 2.24) is 9.97 Å². The molecule has 1 aliphatic rings. The van der Waals surface area contributed by atoms with Crippen molar-refractivity contribution in [3.63, 3.8) is 0 Å². The Bertz CT molecular complexity index is 352. The molecule has 0 radical (unpaired) electrons. The van der Waals surface area contributed by atoms with Crippen LogP contribution in [-0.4, -0.2) is 23.1 Å². The monoisotopic (exact) mass is 207 g/mol. The van der Waals surface area contributed by atoms with E-state index in [4.69, 9.17) is 5.84 Å². The third-order valence-corrected chi connectivity index (χ3v) is 2.72. The minimum absolute atomic E-state index is 0.678. The van der Waals surface area contributed by atoms with Crippen LogP contribution in [-0.2, 0) is 0 Å². The molecule has 1 aromatic heterocycles. The van der Waals surface area contributed by atoms with Gasteiger partial charge in [0.05, 0.1) is 0 Å². The van der Waals surface area contributed by atoms with Crippen molar-refractivity contribution in [2.45, 2.75) is 20.3 Å². The Labute approximate surface area is 89.7 Å². The van der Waals surface area contributed by atoms with Crippen LogP contribution in [0.4, 0.5) is 11.6 Å². The third kappa shape index (κ3) is 2.18. The lowest BCUT2D eigenvalue weighted by Crippen LogP contribution is -2.21. The highest BCUT2D eigenvalue weighted by Gasteiger charge is 2.20. The maximum absolute atomic E-state index is 5.35. The van der Waals surface area contributed by atoms with Crippen LogP contribution in [0.25, 0.3) is 0 Å². The third-order valence-electron chi connectivity index (χ3n) is 2.72. The molecule has 5 heteroatoms. The molecule has 15 heavy (non-hydrogen) atoms. The quantitative estimate of drug-likeness (QED) is 0.557. The number of nitrogens with zero attached hydrogens (tertiary/aromatic N) is 3. The lowest BCUT2D eigenvalue weighted by atomic mass is 10.2. The molecule has 2 heterocycles. The summed E-state index contributed by atoms with van der Waals surface area (Å²) in [5, 5.41) is 0. The minimum Gasteiger partial charge on any atom is -0.356 e. The molecule has 0 amide bonds. The summed E-state index contributed by atoms with van der Waals surface area (Å²) in [6.45, 7) is 6.28. The summed E-state index contributed by atoms with van der Waals surface area (Å²) in [6, 6.07) is 1.89. The fourth-order valence-corrected chi connectivity index (χ4v) is 1.93. The molecule has 3 N–H and O–H groups in total. The topological polar surface area (TPSA) is 67.1 Å². The molecule has 1 aromatic rings. The Morgan fingerprint density at radius 2 is 2.33 bits per heavy atom. The number of rotatable bonds is 2. The van der Waals surface area contributed by atoms with E-state index < -0.39 is 0 Å². The number of aryl methyl sites for hydroxylation is 1. The Kier molecular flexibility index (Phi) is 2.73. The summed E-state index contributed by atoms with van der Waals surface area (Å²) >= 11 is 0. The zero-order valence-corrected chi connectivity index (χ0v) is 9.20. The number of hydrazine groups is 1. The lowest BCUT2D eigenvalue weighted by Gasteiger charge is -2.17. The Hall–Kier alpha value is -1.36. The molecule has 1 atom stereocenters. The van der Waals surface area contributed by atoms with E-state index in [2.05, 4.69) is 27.2 Å². The Morgan fingerprint density at radius 3 is 2.93 bits per heavy atom. The van der Waals surface area contributed by atoms with Crippen molar-refractivity contribution in [1.29, 1.82) is 0 Å². The van der Waals surface area contributed by atoms with Gasteiger partial charge in [0.1, 0.15) is 17.5 Å². The van der Waals surface area contributed by atoms with Gasteiger partial charge in [0.2, 0.25) is 0 Å². The average Bonchev–Trinajstić information content (AvgIpc) is 2.64. The highest BCUT2D eigenvalue weighted by atomic mass is 15.3. The number of hydrogen-bond acceptors (Lipinski definition) is 5. The van der Waals surface area contributed by atoms with E-state index >= 15 is 0 Å². The SMILES string of the molecule is Cc1nc(NN)cc(N2CCC(C)C2)n1. The highest BCUT2D eigenvalue weighted by molar-refractivity contribution is 5.49. The van der Waals surface area contributed by atoms with Crippen LogP contribution in [0.2, 0.25) is 0 Å². The van der Waals surface area contributed by atoms with Crippen LogP contribution in [0, 0.1) is 12.8 Å². The van der Waals surface area contributed by atoms with Crippen molar-refractivity contribution in [3.05, 3.63) is 11.9 Å². The van der Waals surface area contributed by atoms with Crippen molar-refractivity contribution in [2.24, 2.45) is 11.8 Å². The molecule has 5 nitrogen and oxygen atoms in total. The van der Waals surface area contributed by atoms with Gasteiger partial charge in [0, 0.05) is 19.2 Å². The van der Waals surface area contributed by atoms with E-state index in [0.29, 0.717) is 5.82 Å². The molecule has 0 spiro atoms. The lowest BCUT2D eigenvalue weighted by molar-refractivity contribution is 0.658. The predicted octanol–water partition coefficient (Wildman–Crippen LogP) is 0.917. The van der Waals surface area contributed by atoms with Crippen LogP contribution >= 0.6 is 0 Å². The van der Waals surface area contributed by atoms with Gasteiger partial charge in [-0.3, -0.25) is 0 Å². The molecule has 1 aliphatic heterocycles. The zero-order chi connectivity index (χ0) is 10.8. The van der Waals surface area contributed by atoms with Crippen LogP contribution in [0.3, 0.4) is 0 Å². The number of nitrogen functional groups attached to an aromatic ring is 1. The van der Waals surface area contributed by atoms with Gasteiger partial charge in [0.15, 0.2) is 0 Å². The molecular formula is C10H17N5. The number of nitrogens with one attached hydrogen (secondary N) is 1. The molecule has 1 unspecified atom stereocenters. The zero-order valence-electron chi connectivity index (χ0n) is 9.20. The van der Waals surface area contributed by atoms with Crippen molar-refractivity contribution in [3.8, 4) is 0 Å². The van der Waals surface area contributed by atoms with Crippen molar-refractivity contribution in [2.75, 3.05) is 23.4 Å². The standard InChI is InChI=1S/C10H17N5/c1-7-3-4-15(6-7)10-5-9(14-11)12-8(2)13-10/h5,7H,3-4,6,11H2,1-2H3,(H,12,13,14). The number of aromatic nitrogens is 2. The summed E-state index contributed by atoms with van der Waals surface area (Å²) < 4.78 is 0. The molecule has 1 saturated heterocycles. The summed E-state index contributed by atoms with van der Waals surface area (Å²) in [4.78, 5) is 10.9. The van der Waals surface area contributed by atoms with Crippen LogP contribution in [0.15, 0.2) is 6.07 Å². The normalized spacial score (nSPS) is 20.7. The molecule has 0 bridgehead atoms. The predicted molar refractivity (Wildman–Crippen MR) is 60.6 cm³/mol. The summed E-state index contributed by atoms with van der Waals surface area (Å²) in [5.41, 5.74) is 2.57. The van der Waals surface area contributed by atoms with Crippen LogP contribution < -0.4 is 16.2 Å².